The van der Waals surface area contributed by atoms with Gasteiger partial charge < -0.3 is 0 Å². The standard InChI is InChI=1S/C18H17N3O2/c1-12-11-14(9-10-16(12)22)19-17-13(2)20(3)21(18(17)23)15-7-5-4-6-8-15/h4-11H,1-3H3/b19-14-. The highest BCUT2D eigenvalue weighted by Gasteiger charge is 2.16. The number of carbonyl (C=O) groups is 1. The normalized spacial score (nSPS) is 16.0. The van der Waals surface area contributed by atoms with E-state index in [0.717, 1.165) is 11.4 Å². The van der Waals surface area contributed by atoms with Crippen molar-refractivity contribution >= 4 is 17.2 Å². The molecule has 0 aliphatic heterocycles. The van der Waals surface area contributed by atoms with Crippen molar-refractivity contribution in [2.45, 2.75) is 13.8 Å². The maximum Gasteiger partial charge on any atom is 0.297 e. The van der Waals surface area contributed by atoms with Gasteiger partial charge in [0.05, 0.1) is 17.1 Å². The SMILES string of the molecule is CC1=C/C(=N\c2c(C)n(C)n(-c3ccccc3)c2=O)C=CC1=O. The molecule has 0 saturated heterocycles. The molecule has 5 nitrogen and oxygen atoms in total. The molecule has 1 aliphatic rings. The quantitative estimate of drug-likeness (QED) is 0.801. The van der Waals surface area contributed by atoms with Crippen molar-refractivity contribution < 1.29 is 4.79 Å². The average molecular weight is 307 g/mol. The Morgan fingerprint density at radius 3 is 2.35 bits per heavy atom. The van der Waals surface area contributed by atoms with Crippen molar-refractivity contribution in [3.8, 4) is 5.69 Å². The smallest absolute Gasteiger partial charge is 0.290 e. The minimum Gasteiger partial charge on any atom is -0.290 e. The molecular weight excluding hydrogens is 290 g/mol. The molecule has 1 aromatic carbocycles. The first-order chi connectivity index (χ1) is 11.0. The van der Waals surface area contributed by atoms with Crippen molar-refractivity contribution in [1.82, 2.24) is 9.36 Å². The van der Waals surface area contributed by atoms with Crippen molar-refractivity contribution in [3.63, 3.8) is 0 Å². The second kappa shape index (κ2) is 5.68. The number of allylic oxidation sites excluding steroid dienone is 4. The van der Waals surface area contributed by atoms with Gasteiger partial charge in [-0.05, 0) is 49.8 Å². The average Bonchev–Trinajstić information content (AvgIpc) is 2.75. The summed E-state index contributed by atoms with van der Waals surface area (Å²) in [4.78, 5) is 28.7. The van der Waals surface area contributed by atoms with Gasteiger partial charge in [0.25, 0.3) is 5.56 Å². The molecule has 3 rings (SSSR count). The third kappa shape index (κ3) is 2.61. The Balaban J connectivity index is 2.15. The van der Waals surface area contributed by atoms with E-state index in [1.165, 1.54) is 6.08 Å². The zero-order valence-electron chi connectivity index (χ0n) is 13.3. The van der Waals surface area contributed by atoms with Crippen LogP contribution >= 0.6 is 0 Å². The molecule has 0 unspecified atom stereocenters. The molecule has 0 spiro atoms. The van der Waals surface area contributed by atoms with Crippen LogP contribution in [-0.2, 0) is 11.8 Å². The van der Waals surface area contributed by atoms with E-state index < -0.39 is 0 Å². The number of hydrogen-bond donors (Lipinski definition) is 0. The van der Waals surface area contributed by atoms with E-state index in [-0.39, 0.29) is 11.3 Å². The van der Waals surface area contributed by atoms with Crippen molar-refractivity contribution in [3.05, 3.63) is 70.2 Å². The number of nitrogens with zero attached hydrogens (tertiary/aromatic N) is 3. The Kier molecular flexibility index (Phi) is 3.70. The Morgan fingerprint density at radius 2 is 1.70 bits per heavy atom. The minimum absolute atomic E-state index is 0.0320. The monoisotopic (exact) mass is 307 g/mol. The van der Waals surface area contributed by atoms with Crippen LogP contribution in [0.3, 0.4) is 0 Å². The third-order valence-electron chi connectivity index (χ3n) is 3.92. The lowest BCUT2D eigenvalue weighted by Gasteiger charge is -2.07. The number of carbonyl (C=O) groups excluding carboxylic acids is 1. The molecule has 0 amide bonds. The lowest BCUT2D eigenvalue weighted by atomic mass is 10.1. The highest BCUT2D eigenvalue weighted by molar-refractivity contribution is 6.19. The Hall–Kier alpha value is -2.95. The van der Waals surface area contributed by atoms with E-state index in [9.17, 15) is 9.59 Å². The molecular formula is C18H17N3O2. The van der Waals surface area contributed by atoms with E-state index in [1.54, 1.807) is 28.4 Å². The first-order valence-electron chi connectivity index (χ1n) is 7.32. The van der Waals surface area contributed by atoms with E-state index in [4.69, 9.17) is 0 Å². The lowest BCUT2D eigenvalue weighted by Crippen LogP contribution is -2.19. The molecule has 2 aromatic rings. The van der Waals surface area contributed by atoms with Gasteiger partial charge in [0.15, 0.2) is 11.5 Å². The third-order valence-corrected chi connectivity index (χ3v) is 3.92. The Labute approximate surface area is 133 Å². The topological polar surface area (TPSA) is 56.4 Å². The van der Waals surface area contributed by atoms with Crippen molar-refractivity contribution in [1.29, 1.82) is 0 Å². The van der Waals surface area contributed by atoms with Crippen LogP contribution in [0.15, 0.2) is 63.9 Å². The Bertz CT molecular complexity index is 925. The highest BCUT2D eigenvalue weighted by Crippen LogP contribution is 2.18. The number of ketones is 1. The summed E-state index contributed by atoms with van der Waals surface area (Å²) < 4.78 is 3.37. The van der Waals surface area contributed by atoms with E-state index in [1.807, 2.05) is 44.3 Å². The lowest BCUT2D eigenvalue weighted by molar-refractivity contribution is -0.111. The van der Waals surface area contributed by atoms with E-state index >= 15 is 0 Å². The predicted molar refractivity (Wildman–Crippen MR) is 90.7 cm³/mol. The summed E-state index contributed by atoms with van der Waals surface area (Å²) in [6, 6.07) is 9.43. The molecule has 0 N–H and O–H groups in total. The zero-order valence-corrected chi connectivity index (χ0v) is 13.3. The Morgan fingerprint density at radius 1 is 1.00 bits per heavy atom. The van der Waals surface area contributed by atoms with E-state index in [2.05, 4.69) is 4.99 Å². The largest absolute Gasteiger partial charge is 0.297 e. The molecule has 0 bridgehead atoms. The number of para-hydroxylation sites is 1. The van der Waals surface area contributed by atoms with Gasteiger partial charge in [-0.15, -0.1) is 0 Å². The van der Waals surface area contributed by atoms with Crippen molar-refractivity contribution in [2.75, 3.05) is 0 Å². The number of rotatable bonds is 2. The number of hydrogen-bond acceptors (Lipinski definition) is 3. The summed E-state index contributed by atoms with van der Waals surface area (Å²) in [7, 11) is 1.83. The van der Waals surface area contributed by atoms with Gasteiger partial charge in [-0.2, -0.15) is 0 Å². The summed E-state index contributed by atoms with van der Waals surface area (Å²) in [5.74, 6) is -0.0320. The summed E-state index contributed by atoms with van der Waals surface area (Å²) in [5.41, 5.74) is 2.98. The molecule has 0 atom stereocenters. The molecule has 0 radical (unpaired) electrons. The van der Waals surface area contributed by atoms with Gasteiger partial charge >= 0.3 is 0 Å². The molecule has 1 aromatic heterocycles. The van der Waals surface area contributed by atoms with Crippen LogP contribution in [0.4, 0.5) is 5.69 Å². The highest BCUT2D eigenvalue weighted by atomic mass is 16.1. The molecule has 0 fully saturated rings. The van der Waals surface area contributed by atoms with Gasteiger partial charge in [-0.25, -0.2) is 9.67 Å². The van der Waals surface area contributed by atoms with Crippen LogP contribution in [-0.4, -0.2) is 20.9 Å². The fourth-order valence-corrected chi connectivity index (χ4v) is 2.52. The first-order valence-corrected chi connectivity index (χ1v) is 7.32. The van der Waals surface area contributed by atoms with E-state index in [0.29, 0.717) is 17.0 Å². The van der Waals surface area contributed by atoms with Crippen LogP contribution in [0.25, 0.3) is 5.69 Å². The maximum atomic E-state index is 12.8. The van der Waals surface area contributed by atoms with Gasteiger partial charge in [0.2, 0.25) is 0 Å². The fraction of sp³-hybridized carbons (Fsp3) is 0.167. The molecule has 1 aliphatic carbocycles. The number of benzene rings is 1. The molecule has 5 heteroatoms. The first kappa shape index (κ1) is 15.0. The second-order valence-corrected chi connectivity index (χ2v) is 5.47. The van der Waals surface area contributed by atoms with Crippen LogP contribution in [0.1, 0.15) is 12.6 Å². The number of aromatic nitrogens is 2. The predicted octanol–water partition coefficient (Wildman–Crippen LogP) is 2.64. The van der Waals surface area contributed by atoms with Crippen LogP contribution in [0.5, 0.6) is 0 Å². The fourth-order valence-electron chi connectivity index (χ4n) is 2.52. The molecule has 1 heterocycles. The minimum atomic E-state index is -0.181. The van der Waals surface area contributed by atoms with Crippen LogP contribution in [0, 0.1) is 6.92 Å². The maximum absolute atomic E-state index is 12.8. The van der Waals surface area contributed by atoms with Gasteiger partial charge in [-0.1, -0.05) is 18.2 Å². The summed E-state index contributed by atoms with van der Waals surface area (Å²) in [5, 5.41) is 0. The molecule has 116 valence electrons. The second-order valence-electron chi connectivity index (χ2n) is 5.47. The zero-order chi connectivity index (χ0) is 16.6. The van der Waals surface area contributed by atoms with Gasteiger partial charge in [0.1, 0.15) is 0 Å². The number of aliphatic imine (C=N–C) groups is 1. The molecule has 0 saturated carbocycles. The summed E-state index contributed by atoms with van der Waals surface area (Å²) >= 11 is 0. The van der Waals surface area contributed by atoms with Crippen molar-refractivity contribution in [2.24, 2.45) is 12.0 Å². The van der Waals surface area contributed by atoms with Crippen LogP contribution < -0.4 is 5.56 Å². The van der Waals surface area contributed by atoms with Crippen LogP contribution in [0.2, 0.25) is 0 Å². The summed E-state index contributed by atoms with van der Waals surface area (Å²) in [6.07, 6.45) is 4.80. The van der Waals surface area contributed by atoms with Gasteiger partial charge in [-0.3, -0.25) is 14.3 Å². The van der Waals surface area contributed by atoms with Gasteiger partial charge in [0, 0.05) is 7.05 Å². The molecule has 23 heavy (non-hydrogen) atoms. The summed E-state index contributed by atoms with van der Waals surface area (Å²) in [6.45, 7) is 3.59.